The molecule has 0 saturated heterocycles. The highest BCUT2D eigenvalue weighted by Gasteiger charge is 2.50. The van der Waals surface area contributed by atoms with E-state index in [1.54, 1.807) is 19.8 Å². The van der Waals surface area contributed by atoms with E-state index in [9.17, 15) is 62.8 Å². The van der Waals surface area contributed by atoms with Gasteiger partial charge in [0.2, 0.25) is 0 Å². The quantitative estimate of drug-likeness (QED) is 0.0524. The summed E-state index contributed by atoms with van der Waals surface area (Å²) in [7, 11) is 2.06. The van der Waals surface area contributed by atoms with Gasteiger partial charge in [-0.05, 0) is 139 Å². The standard InChI is InChI=1S/2C22H25FN4O3.C21H21BrF2N4O3.C20H21FN4O3/c1-11-6-12-2-4-25-9-13(12)17(7-11)30-18-8-16(20(28)21(18)29)27-10-14(23)19-15(24)3-5-26-22(19)27;1-26-8-6-12-3-2-4-17(13(12)10-26)30-18-9-16(20(28)21(18)29)27-11-14(23)19-15(24)5-7-25-22(19)27;22-11-5-15(10-7-26-3-1-9(10)18(11)24)31-16-6-14(19(29)20(16)30)28-8-12(23)17-13(25)2-4-27-21(17)28;21-12-9-25(20-17(12)13(22)4-5-24-20)14-6-16(19(27)18(14)26)28-15-3-1-2-10-7-23-8-11(10)15/h3,5-7,10,16,18,20-21,25,28-29H,2,4,8-9H2,1H3,(H2,24,26);2-5,7,11,16,18,20-21,28-29H,6,8-10H2,1H3,(H2,24,25);2,4-5,8,14,16,19-20,26,29-30H,1,3,6-7H2,(H2,25,27);1-5,9,14,16,18-19,23,26-27H,6-8H2,(H2,22,24)/t2*16-,18+,20+,21-;14-,16+,19+,20-;14-,16+,18+,19-/m1111/s1. The minimum atomic E-state index is -1.22. The third-order valence-electron chi connectivity index (χ3n) is 24.6. The second-order valence-electron chi connectivity index (χ2n) is 32.0. The van der Waals surface area contributed by atoms with Gasteiger partial charge in [0.1, 0.15) is 125 Å². The molecule has 20 rings (SSSR count). The predicted molar refractivity (Wildman–Crippen MR) is 436 cm³/mol. The summed E-state index contributed by atoms with van der Waals surface area (Å²) < 4.78 is 103. The highest BCUT2D eigenvalue weighted by molar-refractivity contribution is 9.10. The molecule has 0 bridgehead atoms. The number of nitrogen functional groups attached to an aromatic ring is 4. The second-order valence-corrected chi connectivity index (χ2v) is 32.8. The Hall–Kier alpha value is -10.3. The molecule has 0 spiro atoms. The Kier molecular flexibility index (Phi) is 22.5. The number of fused-ring (bicyclic) bond motifs is 8. The molecule has 4 fully saturated rings. The molecular weight excluding hydrogens is 1610 g/mol. The lowest BCUT2D eigenvalue weighted by Gasteiger charge is -2.28. The largest absolute Gasteiger partial charge is 0.487 e. The molecule has 4 aliphatic heterocycles. The van der Waals surface area contributed by atoms with Crippen LogP contribution in [0, 0.1) is 36.0 Å². The second kappa shape index (κ2) is 33.0. The molecule has 4 saturated carbocycles. The molecule has 34 heteroatoms. The van der Waals surface area contributed by atoms with Crippen LogP contribution in [-0.2, 0) is 52.0 Å². The number of nitrogens with one attached hydrogen (secondary N) is 3. The number of hydrogen-bond donors (Lipinski definition) is 15. The van der Waals surface area contributed by atoms with Gasteiger partial charge in [0.05, 0.1) is 50.2 Å². The van der Waals surface area contributed by atoms with E-state index in [1.807, 2.05) is 43.3 Å². The van der Waals surface area contributed by atoms with Crippen molar-refractivity contribution in [2.75, 3.05) is 49.6 Å². The molecule has 8 aromatic heterocycles. The molecule has 28 nitrogen and oxygen atoms in total. The van der Waals surface area contributed by atoms with Crippen LogP contribution in [0.3, 0.4) is 0 Å². The molecule has 119 heavy (non-hydrogen) atoms. The van der Waals surface area contributed by atoms with Gasteiger partial charge in [-0.2, -0.15) is 0 Å². The van der Waals surface area contributed by atoms with E-state index in [4.69, 9.17) is 41.9 Å². The van der Waals surface area contributed by atoms with Gasteiger partial charge in [0.25, 0.3) is 0 Å². The number of aliphatic hydroxyl groups excluding tert-OH is 8. The third kappa shape index (κ3) is 15.1. The number of anilines is 4. The van der Waals surface area contributed by atoms with Crippen LogP contribution in [0.25, 0.3) is 44.1 Å². The minimum Gasteiger partial charge on any atom is -0.487 e. The number of aliphatic hydroxyl groups is 8. The predicted octanol–water partition coefficient (Wildman–Crippen LogP) is 7.58. The van der Waals surface area contributed by atoms with Crippen LogP contribution < -0.4 is 57.8 Å². The molecular formula is C85H92BrF5N16O12. The van der Waals surface area contributed by atoms with E-state index in [1.165, 1.54) is 95.1 Å². The number of halogens is 6. The summed E-state index contributed by atoms with van der Waals surface area (Å²) in [5, 5.41) is 96.2. The summed E-state index contributed by atoms with van der Waals surface area (Å²) in [5.41, 5.74) is 35.3. The van der Waals surface area contributed by atoms with Crippen LogP contribution in [0.4, 0.5) is 44.7 Å². The Morgan fingerprint density at radius 2 is 0.773 bits per heavy atom. The summed E-state index contributed by atoms with van der Waals surface area (Å²) in [4.78, 5) is 19.1. The van der Waals surface area contributed by atoms with Crippen LogP contribution in [-0.4, -0.2) is 184 Å². The van der Waals surface area contributed by atoms with Gasteiger partial charge in [-0.1, -0.05) is 30.3 Å². The zero-order chi connectivity index (χ0) is 83.3. The van der Waals surface area contributed by atoms with Crippen LogP contribution >= 0.6 is 15.9 Å². The highest BCUT2D eigenvalue weighted by Crippen LogP contribution is 2.46. The number of rotatable bonds is 12. The third-order valence-corrected chi connectivity index (χ3v) is 25.1. The van der Waals surface area contributed by atoms with E-state index >= 15 is 0 Å². The minimum absolute atomic E-state index is 0.177. The van der Waals surface area contributed by atoms with Crippen molar-refractivity contribution in [3.8, 4) is 23.0 Å². The maximum Gasteiger partial charge on any atom is 0.152 e. The van der Waals surface area contributed by atoms with Crippen LogP contribution in [0.5, 0.6) is 23.0 Å². The molecule has 4 aliphatic carbocycles. The molecule has 19 N–H and O–H groups in total. The number of nitrogens with zero attached hydrogens (tertiary/aromatic N) is 9. The zero-order valence-electron chi connectivity index (χ0n) is 64.8. The first kappa shape index (κ1) is 81.1. The Morgan fingerprint density at radius 1 is 0.403 bits per heavy atom. The van der Waals surface area contributed by atoms with E-state index in [2.05, 4.69) is 75.9 Å². The van der Waals surface area contributed by atoms with Gasteiger partial charge in [-0.3, -0.25) is 0 Å². The monoisotopic (exact) mass is 1700 g/mol. The Balaban J connectivity index is 0.000000114. The van der Waals surface area contributed by atoms with Crippen molar-refractivity contribution < 1.29 is 81.8 Å². The van der Waals surface area contributed by atoms with E-state index < -0.39 is 121 Å². The summed E-state index contributed by atoms with van der Waals surface area (Å²) in [6, 6.07) is 21.2. The maximum atomic E-state index is 14.5. The van der Waals surface area contributed by atoms with Gasteiger partial charge in [0, 0.05) is 160 Å². The van der Waals surface area contributed by atoms with Gasteiger partial charge in [-0.25, -0.2) is 41.9 Å². The Bertz CT molecular complexity index is 5840. The van der Waals surface area contributed by atoms with E-state index in [0.717, 1.165) is 72.8 Å². The average molecular weight is 1700 g/mol. The molecule has 12 heterocycles. The molecule has 0 unspecified atom stereocenters. The lowest BCUT2D eigenvalue weighted by Crippen LogP contribution is -2.35. The topological polar surface area (TPSA) is 413 Å². The van der Waals surface area contributed by atoms with Crippen molar-refractivity contribution in [1.29, 1.82) is 0 Å². The van der Waals surface area contributed by atoms with Gasteiger partial charge >= 0.3 is 0 Å². The van der Waals surface area contributed by atoms with E-state index in [0.29, 0.717) is 97.1 Å². The number of ether oxygens (including phenoxy) is 4. The Labute approximate surface area is 686 Å². The van der Waals surface area contributed by atoms with Crippen LogP contribution in [0.2, 0.25) is 0 Å². The molecule has 16 atom stereocenters. The van der Waals surface area contributed by atoms with Crippen molar-refractivity contribution >= 4 is 82.8 Å². The van der Waals surface area contributed by atoms with Crippen LogP contribution in [0.15, 0.2) is 133 Å². The first-order valence-corrected chi connectivity index (χ1v) is 40.5. The van der Waals surface area contributed by atoms with Crippen molar-refractivity contribution in [3.63, 3.8) is 0 Å². The van der Waals surface area contributed by atoms with Gasteiger partial charge < -0.3 is 122 Å². The first-order chi connectivity index (χ1) is 57.3. The summed E-state index contributed by atoms with van der Waals surface area (Å²) in [6.45, 7) is 8.01. The fourth-order valence-corrected chi connectivity index (χ4v) is 18.9. The molecule has 4 aromatic carbocycles. The summed E-state index contributed by atoms with van der Waals surface area (Å²) >= 11 is 3.23. The lowest BCUT2D eigenvalue weighted by atomic mass is 9.97. The molecule has 0 radical (unpaired) electrons. The molecule has 12 aromatic rings. The number of hydrogen-bond acceptors (Lipinski definition) is 24. The smallest absolute Gasteiger partial charge is 0.152 e. The number of aryl methyl sites for hydroxylation is 1. The number of nitrogens with two attached hydrogens (primary N) is 4. The average Bonchev–Trinajstić information content (AvgIpc) is 1.71. The van der Waals surface area contributed by atoms with E-state index in [-0.39, 0.29) is 61.0 Å². The highest BCUT2D eigenvalue weighted by atomic mass is 79.9. The maximum absolute atomic E-state index is 14.5. The zero-order valence-corrected chi connectivity index (χ0v) is 66.4. The summed E-state index contributed by atoms with van der Waals surface area (Å²) in [5.74, 6) is 0.229. The van der Waals surface area contributed by atoms with Gasteiger partial charge in [-0.15, -0.1) is 0 Å². The number of aromatic nitrogens is 8. The molecule has 626 valence electrons. The summed E-state index contributed by atoms with van der Waals surface area (Å²) in [6.07, 6.45) is 2.91. The van der Waals surface area contributed by atoms with Crippen molar-refractivity contribution in [2.24, 2.45) is 0 Å². The fourth-order valence-electron chi connectivity index (χ4n) is 18.4. The van der Waals surface area contributed by atoms with Gasteiger partial charge in [0.15, 0.2) is 23.3 Å². The van der Waals surface area contributed by atoms with Crippen molar-refractivity contribution in [1.82, 2.24) is 59.1 Å². The number of pyridine rings is 4. The molecule has 8 aliphatic rings. The normalized spacial score (nSPS) is 26.3. The Morgan fingerprint density at radius 3 is 1.21 bits per heavy atom. The SMILES string of the molecule is CN1CCc2cccc(O[C@H]3C[C@@H](n4cc(F)c5c(N)ccnc54)[C@H](O)[C@@H]3O)c2C1.Cc1cc2c(c(O[C@H]3C[C@@H](n4cc(F)c5c(N)ccnc54)[C@H](O)[C@@H]3O)c1)CNCC2.Nc1ccnc2c1c(F)cn2[C@@H]1C[C@H](Oc2cc(Br)c(F)c3c2CNCC3)[C@@H](O)[C@H]1O.Nc1ccnc2c1c(F)cn2[C@@H]1C[C@H](Oc2cccc3c2CNC3)[C@@H](O)[C@H]1O. The van der Waals surface area contributed by atoms with Crippen LogP contribution in [0.1, 0.15) is 99.9 Å². The number of benzene rings is 4. The lowest BCUT2D eigenvalue weighted by molar-refractivity contribution is -0.0168. The molecule has 0 amide bonds. The number of likely N-dealkylation sites (N-methyl/N-ethyl adjacent to an activating group) is 1. The first-order valence-electron chi connectivity index (χ1n) is 39.7. The van der Waals surface area contributed by atoms with Crippen molar-refractivity contribution in [3.05, 3.63) is 212 Å². The van der Waals surface area contributed by atoms with Crippen molar-refractivity contribution in [2.45, 2.75) is 182 Å². The fraction of sp³-hybridized carbons (Fsp3) is 0.388.